The molecule has 90 valence electrons. The van der Waals surface area contributed by atoms with Gasteiger partial charge in [0, 0.05) is 0 Å². The summed E-state index contributed by atoms with van der Waals surface area (Å²) < 4.78 is 29.2. The molecule has 1 N–H and O–H groups in total. The molecule has 0 fully saturated rings. The van der Waals surface area contributed by atoms with E-state index in [0.29, 0.717) is 6.42 Å². The normalized spacial score (nSPS) is 11.1. The summed E-state index contributed by atoms with van der Waals surface area (Å²) in [6.07, 6.45) is 8.85. The quantitative estimate of drug-likeness (QED) is 0.388. The second-order valence-corrected chi connectivity index (χ2v) is 5.33. The Balaban J connectivity index is -0.000000282. The van der Waals surface area contributed by atoms with Crippen LogP contribution in [0.1, 0.15) is 61.1 Å². The predicted molar refractivity (Wildman–Crippen MR) is 67.0 cm³/mol. The molecule has 0 saturated carbocycles. The molecule has 0 rings (SSSR count). The molecule has 0 radical (unpaired) electrons. The van der Waals surface area contributed by atoms with E-state index in [-0.39, 0.29) is 31.7 Å². The SMILES string of the molecule is CCCCCCCCCCS(=O)(=O)O.[H-].[H-].[Mg+2]. The van der Waals surface area contributed by atoms with Crippen molar-refractivity contribution in [2.24, 2.45) is 0 Å². The minimum absolute atomic E-state index is 0. The molecule has 0 aromatic rings. The molecule has 0 unspecified atom stereocenters. The maximum atomic E-state index is 10.4. The van der Waals surface area contributed by atoms with Gasteiger partial charge in [-0.1, -0.05) is 51.9 Å². The molecular weight excluding hydrogens is 224 g/mol. The molecule has 5 heteroatoms. The Morgan fingerprint density at radius 2 is 1.33 bits per heavy atom. The molecule has 0 aliphatic heterocycles. The first-order valence-electron chi connectivity index (χ1n) is 5.51. The molecule has 0 bridgehead atoms. The maximum absolute atomic E-state index is 10.4. The van der Waals surface area contributed by atoms with Crippen LogP contribution in [-0.4, -0.2) is 41.8 Å². The van der Waals surface area contributed by atoms with Gasteiger partial charge < -0.3 is 2.85 Å². The van der Waals surface area contributed by atoms with Crippen molar-refractivity contribution in [3.63, 3.8) is 0 Å². The number of hydrogen-bond acceptors (Lipinski definition) is 2. The Morgan fingerprint density at radius 3 is 1.73 bits per heavy atom. The molecule has 0 aromatic carbocycles. The van der Waals surface area contributed by atoms with Crippen LogP contribution < -0.4 is 0 Å². The zero-order chi connectivity index (χ0) is 10.9. The molecule has 0 aromatic heterocycles. The van der Waals surface area contributed by atoms with E-state index in [1.807, 2.05) is 0 Å². The van der Waals surface area contributed by atoms with Crippen LogP contribution in [0.25, 0.3) is 0 Å². The van der Waals surface area contributed by atoms with Crippen molar-refractivity contribution >= 4 is 33.2 Å². The van der Waals surface area contributed by atoms with E-state index in [1.165, 1.54) is 32.1 Å². The number of rotatable bonds is 9. The smallest absolute Gasteiger partial charge is 1.00 e. The van der Waals surface area contributed by atoms with E-state index in [2.05, 4.69) is 6.92 Å². The van der Waals surface area contributed by atoms with E-state index < -0.39 is 10.1 Å². The van der Waals surface area contributed by atoms with Crippen LogP contribution in [0.5, 0.6) is 0 Å². The van der Waals surface area contributed by atoms with Gasteiger partial charge in [0.25, 0.3) is 10.1 Å². The summed E-state index contributed by atoms with van der Waals surface area (Å²) in [5.74, 6) is -0.0814. The summed E-state index contributed by atoms with van der Waals surface area (Å²) in [5, 5.41) is 0. The Hall–Kier alpha value is 0.676. The molecule has 0 amide bonds. The van der Waals surface area contributed by atoms with Gasteiger partial charge in [0.05, 0.1) is 5.75 Å². The van der Waals surface area contributed by atoms with Crippen molar-refractivity contribution in [3.8, 4) is 0 Å². The van der Waals surface area contributed by atoms with Crippen LogP contribution in [0.15, 0.2) is 0 Å². The Bertz CT molecular complexity index is 224. The third-order valence-corrected chi connectivity index (χ3v) is 3.06. The van der Waals surface area contributed by atoms with Gasteiger partial charge in [-0.3, -0.25) is 4.55 Å². The van der Waals surface area contributed by atoms with Gasteiger partial charge in [-0.15, -0.1) is 0 Å². The zero-order valence-electron chi connectivity index (χ0n) is 11.7. The van der Waals surface area contributed by atoms with Crippen LogP contribution >= 0.6 is 0 Å². The fourth-order valence-electron chi connectivity index (χ4n) is 1.42. The van der Waals surface area contributed by atoms with Crippen molar-refractivity contribution in [1.82, 2.24) is 0 Å². The largest absolute Gasteiger partial charge is 2.00 e. The van der Waals surface area contributed by atoms with Gasteiger partial charge in [0.2, 0.25) is 0 Å². The fourth-order valence-corrected chi connectivity index (χ4v) is 1.99. The predicted octanol–water partition coefficient (Wildman–Crippen LogP) is 2.86. The molecule has 0 spiro atoms. The molecule has 15 heavy (non-hydrogen) atoms. The van der Waals surface area contributed by atoms with Crippen LogP contribution in [0.3, 0.4) is 0 Å². The summed E-state index contributed by atoms with van der Waals surface area (Å²) in [6, 6.07) is 0. The van der Waals surface area contributed by atoms with E-state index >= 15 is 0 Å². The van der Waals surface area contributed by atoms with E-state index in [1.54, 1.807) is 0 Å². The van der Waals surface area contributed by atoms with Crippen molar-refractivity contribution in [1.29, 1.82) is 0 Å². The molecule has 0 aliphatic carbocycles. The van der Waals surface area contributed by atoms with Crippen LogP contribution in [-0.2, 0) is 10.1 Å². The van der Waals surface area contributed by atoms with Crippen molar-refractivity contribution in [2.45, 2.75) is 58.3 Å². The summed E-state index contributed by atoms with van der Waals surface area (Å²) in [4.78, 5) is 0. The number of hydrogen-bond donors (Lipinski definition) is 1. The monoisotopic (exact) mass is 248 g/mol. The first-order chi connectivity index (χ1) is 6.56. The minimum Gasteiger partial charge on any atom is -1.00 e. The Kier molecular flexibility index (Phi) is 13.4. The first kappa shape index (κ1) is 18.1. The molecule has 3 nitrogen and oxygen atoms in total. The molecule has 0 atom stereocenters. The second-order valence-electron chi connectivity index (χ2n) is 3.76. The maximum Gasteiger partial charge on any atom is 2.00 e. The van der Waals surface area contributed by atoms with Gasteiger partial charge in [-0.25, -0.2) is 0 Å². The van der Waals surface area contributed by atoms with Crippen molar-refractivity contribution in [3.05, 3.63) is 0 Å². The summed E-state index contributed by atoms with van der Waals surface area (Å²) in [5.41, 5.74) is 0. The van der Waals surface area contributed by atoms with Crippen LogP contribution in [0.2, 0.25) is 0 Å². The van der Waals surface area contributed by atoms with Gasteiger partial charge >= 0.3 is 23.1 Å². The van der Waals surface area contributed by atoms with Gasteiger partial charge in [0.15, 0.2) is 0 Å². The van der Waals surface area contributed by atoms with Gasteiger partial charge in [-0.05, 0) is 6.42 Å². The van der Waals surface area contributed by atoms with E-state index in [0.717, 1.165) is 12.8 Å². The average Bonchev–Trinajstić information content (AvgIpc) is 2.08. The molecule has 0 aliphatic rings. The minimum atomic E-state index is -3.73. The third kappa shape index (κ3) is 17.3. The fraction of sp³-hybridized carbons (Fsp3) is 1.00. The molecule has 0 heterocycles. The Labute approximate surface area is 113 Å². The zero-order valence-corrected chi connectivity index (χ0v) is 12.0. The first-order valence-corrected chi connectivity index (χ1v) is 7.12. The summed E-state index contributed by atoms with van der Waals surface area (Å²) in [6.45, 7) is 2.19. The summed E-state index contributed by atoms with van der Waals surface area (Å²) >= 11 is 0. The van der Waals surface area contributed by atoms with Gasteiger partial charge in [0.1, 0.15) is 0 Å². The standard InChI is InChI=1S/C10H22O3S.Mg.2H/c1-2-3-4-5-6-7-8-9-10-14(11,12)13;;;/h2-10H2,1H3,(H,11,12,13);;;/q;+2;2*-1. The van der Waals surface area contributed by atoms with Crippen LogP contribution in [0, 0.1) is 0 Å². The number of unbranched alkanes of at least 4 members (excludes halogenated alkanes) is 7. The molecule has 0 saturated heterocycles. The topological polar surface area (TPSA) is 54.4 Å². The van der Waals surface area contributed by atoms with Crippen molar-refractivity contribution < 1.29 is 15.8 Å². The van der Waals surface area contributed by atoms with Crippen LogP contribution in [0.4, 0.5) is 0 Å². The average molecular weight is 249 g/mol. The van der Waals surface area contributed by atoms with E-state index in [4.69, 9.17) is 4.55 Å². The van der Waals surface area contributed by atoms with E-state index in [9.17, 15) is 8.42 Å². The summed E-state index contributed by atoms with van der Waals surface area (Å²) in [7, 11) is -3.73. The van der Waals surface area contributed by atoms with Crippen molar-refractivity contribution in [2.75, 3.05) is 5.75 Å². The third-order valence-electron chi connectivity index (χ3n) is 2.26. The second kappa shape index (κ2) is 11.2. The van der Waals surface area contributed by atoms with Gasteiger partial charge in [-0.2, -0.15) is 8.42 Å². The molecular formula is C10H24MgO3S. The Morgan fingerprint density at radius 1 is 0.933 bits per heavy atom.